The van der Waals surface area contributed by atoms with Crippen molar-refractivity contribution in [1.82, 2.24) is 5.06 Å². The number of amides is 2. The van der Waals surface area contributed by atoms with Gasteiger partial charge >= 0.3 is 5.97 Å². The number of hydrogen-bond donors (Lipinski definition) is 0. The highest BCUT2D eigenvalue weighted by Crippen LogP contribution is 2.25. The molecule has 0 N–H and O–H groups in total. The van der Waals surface area contributed by atoms with Crippen molar-refractivity contribution < 1.29 is 23.6 Å². The van der Waals surface area contributed by atoms with Crippen LogP contribution in [0.1, 0.15) is 39.1 Å². The Hall–Kier alpha value is -3.02. The number of hydroxylamine groups is 2. The monoisotopic (exact) mass is 313 g/mol. The molecule has 116 valence electrons. The molecule has 1 atom stereocenters. The SMILES string of the molecule is C[C@@H](C(=O)ON1C(=O)c2ccccc2C1=O)c1ccc(F)cc1. The summed E-state index contributed by atoms with van der Waals surface area (Å²) in [5, 5.41) is 0.465. The summed E-state index contributed by atoms with van der Waals surface area (Å²) in [6.45, 7) is 1.55. The van der Waals surface area contributed by atoms with E-state index < -0.39 is 29.5 Å². The zero-order valence-electron chi connectivity index (χ0n) is 12.2. The van der Waals surface area contributed by atoms with Crippen molar-refractivity contribution in [3.05, 3.63) is 71.0 Å². The van der Waals surface area contributed by atoms with Gasteiger partial charge < -0.3 is 4.84 Å². The number of fused-ring (bicyclic) bond motifs is 1. The highest BCUT2D eigenvalue weighted by atomic mass is 19.1. The van der Waals surface area contributed by atoms with E-state index in [1.54, 1.807) is 19.1 Å². The smallest absolute Gasteiger partial charge is 0.329 e. The van der Waals surface area contributed by atoms with Crippen molar-refractivity contribution in [2.45, 2.75) is 12.8 Å². The van der Waals surface area contributed by atoms with Crippen LogP contribution in [-0.4, -0.2) is 22.8 Å². The van der Waals surface area contributed by atoms with Crippen LogP contribution in [0.3, 0.4) is 0 Å². The summed E-state index contributed by atoms with van der Waals surface area (Å²) in [7, 11) is 0. The molecule has 2 aromatic carbocycles. The summed E-state index contributed by atoms with van der Waals surface area (Å²) in [6.07, 6.45) is 0. The molecule has 1 aliphatic rings. The molecule has 6 heteroatoms. The molecular weight excluding hydrogens is 301 g/mol. The molecule has 2 aromatic rings. The van der Waals surface area contributed by atoms with Gasteiger partial charge in [0.25, 0.3) is 11.8 Å². The molecule has 0 saturated heterocycles. The van der Waals surface area contributed by atoms with Crippen molar-refractivity contribution in [2.75, 3.05) is 0 Å². The van der Waals surface area contributed by atoms with Crippen molar-refractivity contribution >= 4 is 17.8 Å². The summed E-state index contributed by atoms with van der Waals surface area (Å²) in [5.41, 5.74) is 0.910. The Balaban J connectivity index is 1.77. The first-order valence-electron chi connectivity index (χ1n) is 6.94. The zero-order chi connectivity index (χ0) is 16.6. The van der Waals surface area contributed by atoms with E-state index in [9.17, 15) is 18.8 Å². The van der Waals surface area contributed by atoms with Gasteiger partial charge in [0.15, 0.2) is 0 Å². The first-order chi connectivity index (χ1) is 11.0. The molecular formula is C17H12FNO4. The Morgan fingerprint density at radius 3 is 2.04 bits per heavy atom. The maximum atomic E-state index is 12.9. The average Bonchev–Trinajstić information content (AvgIpc) is 2.80. The highest BCUT2D eigenvalue weighted by molar-refractivity contribution is 6.20. The number of nitrogens with zero attached hydrogens (tertiary/aromatic N) is 1. The van der Waals surface area contributed by atoms with Gasteiger partial charge in [-0.2, -0.15) is 0 Å². The number of imide groups is 1. The van der Waals surface area contributed by atoms with Gasteiger partial charge in [-0.15, -0.1) is 0 Å². The van der Waals surface area contributed by atoms with Gasteiger partial charge in [0, 0.05) is 0 Å². The fraction of sp³-hybridized carbons (Fsp3) is 0.118. The van der Waals surface area contributed by atoms with Crippen LogP contribution in [0, 0.1) is 5.82 Å². The lowest BCUT2D eigenvalue weighted by molar-refractivity contribution is -0.170. The lowest BCUT2D eigenvalue weighted by Crippen LogP contribution is -2.34. The summed E-state index contributed by atoms with van der Waals surface area (Å²) >= 11 is 0. The van der Waals surface area contributed by atoms with E-state index in [2.05, 4.69) is 0 Å². The van der Waals surface area contributed by atoms with Crippen LogP contribution >= 0.6 is 0 Å². The van der Waals surface area contributed by atoms with Crippen LogP contribution in [0.5, 0.6) is 0 Å². The summed E-state index contributed by atoms with van der Waals surface area (Å²) in [5.74, 6) is -3.30. The van der Waals surface area contributed by atoms with Crippen LogP contribution in [0.15, 0.2) is 48.5 Å². The summed E-state index contributed by atoms with van der Waals surface area (Å²) in [4.78, 5) is 41.4. The lowest BCUT2D eigenvalue weighted by Gasteiger charge is -2.16. The highest BCUT2D eigenvalue weighted by Gasteiger charge is 2.39. The second-order valence-corrected chi connectivity index (χ2v) is 5.13. The predicted octanol–water partition coefficient (Wildman–Crippen LogP) is 2.68. The Morgan fingerprint density at radius 2 is 1.52 bits per heavy atom. The standard InChI is InChI=1S/C17H12FNO4/c1-10(11-6-8-12(18)9-7-11)17(22)23-19-15(20)13-4-2-3-5-14(13)16(19)21/h2-10H,1H3/t10-/m1/s1. The number of carbonyl (C=O) groups excluding carboxylic acids is 3. The number of halogens is 1. The van der Waals surface area contributed by atoms with E-state index in [1.165, 1.54) is 36.4 Å². The van der Waals surface area contributed by atoms with Gasteiger partial charge in [0.2, 0.25) is 0 Å². The lowest BCUT2D eigenvalue weighted by atomic mass is 10.0. The molecule has 5 nitrogen and oxygen atoms in total. The molecule has 1 heterocycles. The largest absolute Gasteiger partial charge is 0.340 e. The van der Waals surface area contributed by atoms with Crippen molar-refractivity contribution in [1.29, 1.82) is 0 Å². The second kappa shape index (κ2) is 5.64. The Morgan fingerprint density at radius 1 is 1.00 bits per heavy atom. The molecule has 3 rings (SSSR count). The molecule has 0 fully saturated rings. The molecule has 0 unspecified atom stereocenters. The minimum Gasteiger partial charge on any atom is -0.329 e. The van der Waals surface area contributed by atoms with Gasteiger partial charge in [-0.3, -0.25) is 9.59 Å². The number of rotatable bonds is 3. The van der Waals surface area contributed by atoms with Gasteiger partial charge in [-0.25, -0.2) is 9.18 Å². The van der Waals surface area contributed by atoms with Crippen molar-refractivity contribution in [3.8, 4) is 0 Å². The minimum absolute atomic E-state index is 0.194. The first kappa shape index (κ1) is 14.9. The van der Waals surface area contributed by atoms with Gasteiger partial charge in [-0.05, 0) is 36.8 Å². The van der Waals surface area contributed by atoms with E-state index in [1.807, 2.05) is 0 Å². The van der Waals surface area contributed by atoms with Crippen molar-refractivity contribution in [3.63, 3.8) is 0 Å². The van der Waals surface area contributed by atoms with Crippen LogP contribution < -0.4 is 0 Å². The van der Waals surface area contributed by atoms with Gasteiger partial charge in [0.05, 0.1) is 17.0 Å². The van der Waals surface area contributed by atoms with Gasteiger partial charge in [0.1, 0.15) is 5.82 Å². The Bertz CT molecular complexity index is 765. The fourth-order valence-corrected chi connectivity index (χ4v) is 2.31. The number of hydrogen-bond acceptors (Lipinski definition) is 4. The van der Waals surface area contributed by atoms with E-state index >= 15 is 0 Å². The normalized spacial score (nSPS) is 14.6. The molecule has 2 amide bonds. The first-order valence-corrected chi connectivity index (χ1v) is 6.94. The maximum absolute atomic E-state index is 12.9. The van der Waals surface area contributed by atoms with Gasteiger partial charge in [-0.1, -0.05) is 29.3 Å². The third kappa shape index (κ3) is 2.59. The van der Waals surface area contributed by atoms with Crippen LogP contribution in [-0.2, 0) is 9.63 Å². The molecule has 23 heavy (non-hydrogen) atoms. The van der Waals surface area contributed by atoms with E-state index in [4.69, 9.17) is 4.84 Å². The number of benzene rings is 2. The van der Waals surface area contributed by atoms with Crippen LogP contribution in [0.4, 0.5) is 4.39 Å². The van der Waals surface area contributed by atoms with Crippen LogP contribution in [0.2, 0.25) is 0 Å². The summed E-state index contributed by atoms with van der Waals surface area (Å²) in [6, 6.07) is 11.6. The molecule has 0 aromatic heterocycles. The fourth-order valence-electron chi connectivity index (χ4n) is 2.31. The topological polar surface area (TPSA) is 63.7 Å². The van der Waals surface area contributed by atoms with E-state index in [0.717, 1.165) is 0 Å². The average molecular weight is 313 g/mol. The Kier molecular flexibility index (Phi) is 3.65. The minimum atomic E-state index is -0.772. The third-order valence-corrected chi connectivity index (χ3v) is 3.66. The maximum Gasteiger partial charge on any atom is 0.340 e. The summed E-state index contributed by atoms with van der Waals surface area (Å²) < 4.78 is 12.9. The molecule has 0 bridgehead atoms. The Labute approximate surface area is 131 Å². The quantitative estimate of drug-likeness (QED) is 0.817. The van der Waals surface area contributed by atoms with Crippen molar-refractivity contribution in [2.24, 2.45) is 0 Å². The third-order valence-electron chi connectivity index (χ3n) is 3.66. The molecule has 0 spiro atoms. The van der Waals surface area contributed by atoms with Crippen LogP contribution in [0.25, 0.3) is 0 Å². The van der Waals surface area contributed by atoms with E-state index in [-0.39, 0.29) is 11.1 Å². The molecule has 0 aliphatic carbocycles. The molecule has 0 radical (unpaired) electrons. The zero-order valence-corrected chi connectivity index (χ0v) is 12.2. The number of carbonyl (C=O) groups is 3. The van der Waals surface area contributed by atoms with E-state index in [0.29, 0.717) is 10.6 Å². The second-order valence-electron chi connectivity index (χ2n) is 5.13. The molecule has 1 aliphatic heterocycles. The predicted molar refractivity (Wildman–Crippen MR) is 77.8 cm³/mol. The molecule has 0 saturated carbocycles.